The predicted molar refractivity (Wildman–Crippen MR) is 103 cm³/mol. The van der Waals surface area contributed by atoms with E-state index in [1.807, 2.05) is 68.4 Å². The molecule has 6 nitrogen and oxygen atoms in total. The van der Waals surface area contributed by atoms with Crippen LogP contribution < -0.4 is 10.2 Å². The Morgan fingerprint density at radius 1 is 1.23 bits per heavy atom. The Kier molecular flexibility index (Phi) is 8.84. The second-order valence-electron chi connectivity index (χ2n) is 6.08. The SMILES string of the molecule is CCC(NC(=O)Cc1ccc(N(C)C)cc1)c1cccc(C)n1.O=CO. The zero-order valence-electron chi connectivity index (χ0n) is 15.8. The maximum Gasteiger partial charge on any atom is 0.290 e. The fourth-order valence-electron chi connectivity index (χ4n) is 2.49. The van der Waals surface area contributed by atoms with Crippen molar-refractivity contribution in [1.82, 2.24) is 10.3 Å². The molecule has 140 valence electrons. The van der Waals surface area contributed by atoms with Gasteiger partial charge < -0.3 is 15.3 Å². The average molecular weight is 357 g/mol. The molecule has 26 heavy (non-hydrogen) atoms. The molecule has 0 fully saturated rings. The van der Waals surface area contributed by atoms with Gasteiger partial charge in [-0.3, -0.25) is 14.6 Å². The van der Waals surface area contributed by atoms with E-state index in [1.165, 1.54) is 0 Å². The van der Waals surface area contributed by atoms with Gasteiger partial charge in [0.25, 0.3) is 6.47 Å². The van der Waals surface area contributed by atoms with E-state index < -0.39 is 0 Å². The van der Waals surface area contributed by atoms with Crippen LogP contribution in [0.25, 0.3) is 0 Å². The topological polar surface area (TPSA) is 82.5 Å². The normalized spacial score (nSPS) is 10.9. The number of nitrogens with one attached hydrogen (secondary N) is 1. The molecule has 1 unspecified atom stereocenters. The van der Waals surface area contributed by atoms with Crippen LogP contribution in [0.1, 0.15) is 36.3 Å². The van der Waals surface area contributed by atoms with E-state index in [2.05, 4.69) is 17.2 Å². The summed E-state index contributed by atoms with van der Waals surface area (Å²) >= 11 is 0. The third-order valence-electron chi connectivity index (χ3n) is 3.83. The first kappa shape index (κ1) is 21.2. The Morgan fingerprint density at radius 3 is 2.35 bits per heavy atom. The highest BCUT2D eigenvalue weighted by Crippen LogP contribution is 2.16. The Morgan fingerprint density at radius 2 is 1.85 bits per heavy atom. The standard InChI is InChI=1S/C19H25N3O.CH2O2/c1-5-17(18-8-6-7-14(2)20-18)21-19(23)13-15-9-11-16(12-10-15)22(3)4;2-1-3/h6-12,17H,5,13H2,1-4H3,(H,21,23);1H,(H,2,3). The minimum absolute atomic E-state index is 0.0257. The second kappa shape index (κ2) is 10.9. The van der Waals surface area contributed by atoms with E-state index >= 15 is 0 Å². The summed E-state index contributed by atoms with van der Waals surface area (Å²) in [6.07, 6.45) is 1.21. The summed E-state index contributed by atoms with van der Waals surface area (Å²) in [4.78, 5) is 27.2. The largest absolute Gasteiger partial charge is 0.483 e. The van der Waals surface area contributed by atoms with Crippen LogP contribution >= 0.6 is 0 Å². The van der Waals surface area contributed by atoms with Crippen LogP contribution in [0.15, 0.2) is 42.5 Å². The highest BCUT2D eigenvalue weighted by atomic mass is 16.3. The maximum absolute atomic E-state index is 12.3. The van der Waals surface area contributed by atoms with Gasteiger partial charge in [0.2, 0.25) is 5.91 Å². The van der Waals surface area contributed by atoms with Crippen molar-refractivity contribution in [2.75, 3.05) is 19.0 Å². The molecule has 1 aromatic carbocycles. The number of hydrogen-bond donors (Lipinski definition) is 2. The second-order valence-corrected chi connectivity index (χ2v) is 6.08. The van der Waals surface area contributed by atoms with Crippen LogP contribution in [0, 0.1) is 6.92 Å². The van der Waals surface area contributed by atoms with Gasteiger partial charge in [0, 0.05) is 25.5 Å². The van der Waals surface area contributed by atoms with Crippen molar-refractivity contribution in [3.63, 3.8) is 0 Å². The van der Waals surface area contributed by atoms with Gasteiger partial charge >= 0.3 is 0 Å². The molecule has 0 bridgehead atoms. The molecule has 0 spiro atoms. The van der Waals surface area contributed by atoms with Crippen molar-refractivity contribution in [3.8, 4) is 0 Å². The fourth-order valence-corrected chi connectivity index (χ4v) is 2.49. The van der Waals surface area contributed by atoms with Crippen LogP contribution in [0.2, 0.25) is 0 Å². The van der Waals surface area contributed by atoms with Gasteiger partial charge in [0.1, 0.15) is 0 Å². The predicted octanol–water partition coefficient (Wildman–Crippen LogP) is 2.97. The Balaban J connectivity index is 0.00000105. The number of aromatic nitrogens is 1. The number of benzene rings is 1. The van der Waals surface area contributed by atoms with Crippen molar-refractivity contribution in [2.24, 2.45) is 0 Å². The molecule has 1 atom stereocenters. The molecule has 2 N–H and O–H groups in total. The molecular weight excluding hydrogens is 330 g/mol. The van der Waals surface area contributed by atoms with Crippen molar-refractivity contribution >= 4 is 18.1 Å². The summed E-state index contributed by atoms with van der Waals surface area (Å²) in [5.41, 5.74) is 4.03. The Hall–Kier alpha value is -2.89. The van der Waals surface area contributed by atoms with Crippen molar-refractivity contribution in [1.29, 1.82) is 0 Å². The smallest absolute Gasteiger partial charge is 0.290 e. The number of amides is 1. The molecule has 0 radical (unpaired) electrons. The van der Waals surface area contributed by atoms with E-state index in [4.69, 9.17) is 9.90 Å². The molecule has 1 aromatic heterocycles. The van der Waals surface area contributed by atoms with Gasteiger partial charge in [-0.25, -0.2) is 0 Å². The number of anilines is 1. The summed E-state index contributed by atoms with van der Waals surface area (Å²) in [5, 5.41) is 9.97. The molecule has 1 amide bonds. The first-order chi connectivity index (χ1) is 12.4. The number of rotatable bonds is 6. The minimum atomic E-state index is -0.250. The molecule has 0 aliphatic heterocycles. The van der Waals surface area contributed by atoms with E-state index in [1.54, 1.807) is 0 Å². The van der Waals surface area contributed by atoms with E-state index in [0.29, 0.717) is 6.42 Å². The number of aryl methyl sites for hydroxylation is 1. The van der Waals surface area contributed by atoms with E-state index in [-0.39, 0.29) is 18.4 Å². The van der Waals surface area contributed by atoms with Crippen molar-refractivity contribution in [3.05, 3.63) is 59.4 Å². The number of carboxylic acid groups (broad SMARTS) is 1. The van der Waals surface area contributed by atoms with Gasteiger partial charge in [0.05, 0.1) is 18.2 Å². The quantitative estimate of drug-likeness (QED) is 0.777. The molecule has 1 heterocycles. The van der Waals surface area contributed by atoms with Crippen LogP contribution in [0.5, 0.6) is 0 Å². The first-order valence-electron chi connectivity index (χ1n) is 8.48. The average Bonchev–Trinajstić information content (AvgIpc) is 2.61. The molecule has 2 rings (SSSR count). The zero-order valence-corrected chi connectivity index (χ0v) is 15.8. The zero-order chi connectivity index (χ0) is 19.5. The lowest BCUT2D eigenvalue weighted by Gasteiger charge is -2.17. The maximum atomic E-state index is 12.3. The molecule has 0 saturated heterocycles. The first-order valence-corrected chi connectivity index (χ1v) is 8.48. The third-order valence-corrected chi connectivity index (χ3v) is 3.83. The van der Waals surface area contributed by atoms with Crippen LogP contribution in [-0.2, 0) is 16.0 Å². The summed E-state index contributed by atoms with van der Waals surface area (Å²) in [6.45, 7) is 3.77. The molecule has 0 aliphatic rings. The molecule has 0 saturated carbocycles. The summed E-state index contributed by atoms with van der Waals surface area (Å²) in [6, 6.07) is 13.9. The number of carbonyl (C=O) groups is 2. The summed E-state index contributed by atoms with van der Waals surface area (Å²) in [7, 11) is 4.00. The van der Waals surface area contributed by atoms with Crippen LogP contribution in [0.4, 0.5) is 5.69 Å². The molecule has 0 aliphatic carbocycles. The lowest BCUT2D eigenvalue weighted by molar-refractivity contribution is -0.123. The molecular formula is C20H27N3O3. The Bertz CT molecular complexity index is 700. The van der Waals surface area contributed by atoms with E-state index in [9.17, 15) is 4.79 Å². The highest BCUT2D eigenvalue weighted by molar-refractivity contribution is 5.79. The summed E-state index contributed by atoms with van der Waals surface area (Å²) < 4.78 is 0. The summed E-state index contributed by atoms with van der Waals surface area (Å²) in [5.74, 6) is 0.0257. The van der Waals surface area contributed by atoms with Gasteiger partial charge in [-0.1, -0.05) is 25.1 Å². The fraction of sp³-hybridized carbons (Fsp3) is 0.350. The van der Waals surface area contributed by atoms with Gasteiger partial charge in [-0.2, -0.15) is 0 Å². The highest BCUT2D eigenvalue weighted by Gasteiger charge is 2.14. The Labute approximate surface area is 154 Å². The number of nitrogens with zero attached hydrogens (tertiary/aromatic N) is 2. The van der Waals surface area contributed by atoms with Crippen LogP contribution in [-0.4, -0.2) is 36.6 Å². The number of carbonyl (C=O) groups excluding carboxylic acids is 1. The number of pyridine rings is 1. The van der Waals surface area contributed by atoms with Gasteiger partial charge in [-0.15, -0.1) is 0 Å². The minimum Gasteiger partial charge on any atom is -0.483 e. The molecule has 2 aromatic rings. The third kappa shape index (κ3) is 6.93. The number of hydrogen-bond acceptors (Lipinski definition) is 4. The molecule has 6 heteroatoms. The van der Waals surface area contributed by atoms with E-state index in [0.717, 1.165) is 29.1 Å². The van der Waals surface area contributed by atoms with Gasteiger partial charge in [0.15, 0.2) is 0 Å². The van der Waals surface area contributed by atoms with Crippen LogP contribution in [0.3, 0.4) is 0 Å². The van der Waals surface area contributed by atoms with Gasteiger partial charge in [-0.05, 0) is 43.2 Å². The monoisotopic (exact) mass is 357 g/mol. The van der Waals surface area contributed by atoms with Crippen molar-refractivity contribution in [2.45, 2.75) is 32.7 Å². The lowest BCUT2D eigenvalue weighted by atomic mass is 10.1. The lowest BCUT2D eigenvalue weighted by Crippen LogP contribution is -2.30. The van der Waals surface area contributed by atoms with Crippen molar-refractivity contribution < 1.29 is 14.7 Å².